The Balaban J connectivity index is 2.29. The van der Waals surface area contributed by atoms with Crippen LogP contribution in [-0.2, 0) is 9.47 Å². The number of aromatic nitrogens is 1. The van der Waals surface area contributed by atoms with Gasteiger partial charge >= 0.3 is 5.97 Å². The highest BCUT2D eigenvalue weighted by Crippen LogP contribution is 2.38. The van der Waals surface area contributed by atoms with E-state index in [2.05, 4.69) is 4.98 Å². The maximum atomic E-state index is 12.8. The van der Waals surface area contributed by atoms with Crippen LogP contribution in [0.4, 0.5) is 0 Å². The Hall–Kier alpha value is -2.14. The first-order valence-corrected chi connectivity index (χ1v) is 8.79. The zero-order valence-electron chi connectivity index (χ0n) is 14.4. The molecule has 0 saturated heterocycles. The Bertz CT molecular complexity index is 973. The molecule has 4 nitrogen and oxygen atoms in total. The predicted octanol–water partition coefficient (Wildman–Crippen LogP) is 5.32. The van der Waals surface area contributed by atoms with Crippen molar-refractivity contribution in [3.05, 3.63) is 63.8 Å². The summed E-state index contributed by atoms with van der Waals surface area (Å²) in [5.74, 6) is -0.469. The van der Waals surface area contributed by atoms with Gasteiger partial charge in [-0.25, -0.2) is 4.79 Å². The number of carbonyl (C=O) groups is 1. The molecule has 0 fully saturated rings. The number of halogens is 2. The SMILES string of the molecule is COCCOC(=O)c1c(C)nc2ccc(Cl)cc2c1-c1ccccc1Cl. The van der Waals surface area contributed by atoms with Gasteiger partial charge in [0.25, 0.3) is 0 Å². The summed E-state index contributed by atoms with van der Waals surface area (Å²) in [4.78, 5) is 17.3. The number of methoxy groups -OCH3 is 1. The third kappa shape index (κ3) is 3.68. The topological polar surface area (TPSA) is 48.4 Å². The van der Waals surface area contributed by atoms with Crippen molar-refractivity contribution in [3.8, 4) is 11.1 Å². The second kappa shape index (κ2) is 8.04. The van der Waals surface area contributed by atoms with Crippen LogP contribution < -0.4 is 0 Å². The van der Waals surface area contributed by atoms with Crippen LogP contribution in [0.25, 0.3) is 22.0 Å². The molecule has 3 rings (SSSR count). The van der Waals surface area contributed by atoms with E-state index in [0.29, 0.717) is 33.5 Å². The molecule has 0 aliphatic carbocycles. The molecule has 1 heterocycles. The average molecular weight is 390 g/mol. The Morgan fingerprint density at radius 2 is 1.88 bits per heavy atom. The van der Waals surface area contributed by atoms with Crippen LogP contribution in [0, 0.1) is 6.92 Å². The summed E-state index contributed by atoms with van der Waals surface area (Å²) in [6.45, 7) is 2.25. The zero-order valence-corrected chi connectivity index (χ0v) is 15.9. The van der Waals surface area contributed by atoms with E-state index in [4.69, 9.17) is 32.7 Å². The number of aryl methyl sites for hydroxylation is 1. The number of hydrogen-bond donors (Lipinski definition) is 0. The van der Waals surface area contributed by atoms with E-state index in [9.17, 15) is 4.79 Å². The Morgan fingerprint density at radius 3 is 2.62 bits per heavy atom. The van der Waals surface area contributed by atoms with Crippen molar-refractivity contribution >= 4 is 40.1 Å². The van der Waals surface area contributed by atoms with Crippen molar-refractivity contribution in [3.63, 3.8) is 0 Å². The largest absolute Gasteiger partial charge is 0.460 e. The number of carbonyl (C=O) groups excluding carboxylic acids is 1. The van der Waals surface area contributed by atoms with Crippen LogP contribution in [-0.4, -0.2) is 31.3 Å². The molecule has 0 N–H and O–H groups in total. The number of nitrogens with zero attached hydrogens (tertiary/aromatic N) is 1. The van der Waals surface area contributed by atoms with Crippen molar-refractivity contribution in [1.29, 1.82) is 0 Å². The number of rotatable bonds is 5. The second-order valence-corrected chi connectivity index (χ2v) is 6.56. The summed E-state index contributed by atoms with van der Waals surface area (Å²) in [5, 5.41) is 1.83. The molecule has 26 heavy (non-hydrogen) atoms. The standard InChI is InChI=1S/C20H17Cl2NO3/c1-12-18(20(24)26-10-9-25-2)19(14-5-3-4-6-16(14)22)15-11-13(21)7-8-17(15)23-12/h3-8,11H,9-10H2,1-2H3. The molecule has 6 heteroatoms. The molecule has 0 bridgehead atoms. The summed E-state index contributed by atoms with van der Waals surface area (Å²) in [5.41, 5.74) is 3.07. The number of benzene rings is 2. The summed E-state index contributed by atoms with van der Waals surface area (Å²) < 4.78 is 10.3. The first-order chi connectivity index (χ1) is 12.5. The zero-order chi connectivity index (χ0) is 18.7. The first-order valence-electron chi connectivity index (χ1n) is 8.03. The van der Waals surface area contributed by atoms with E-state index >= 15 is 0 Å². The minimum Gasteiger partial charge on any atom is -0.460 e. The third-order valence-corrected chi connectivity index (χ3v) is 4.56. The maximum Gasteiger partial charge on any atom is 0.340 e. The van der Waals surface area contributed by atoms with Crippen LogP contribution in [0.2, 0.25) is 10.0 Å². The van der Waals surface area contributed by atoms with Crippen molar-refractivity contribution in [1.82, 2.24) is 4.98 Å². The van der Waals surface area contributed by atoms with Crippen LogP contribution >= 0.6 is 23.2 Å². The lowest BCUT2D eigenvalue weighted by molar-refractivity contribution is 0.0388. The molecule has 2 aromatic carbocycles. The quantitative estimate of drug-likeness (QED) is 0.437. The highest BCUT2D eigenvalue weighted by Gasteiger charge is 2.23. The van der Waals surface area contributed by atoms with Gasteiger partial charge < -0.3 is 9.47 Å². The number of pyridine rings is 1. The van der Waals surface area contributed by atoms with Gasteiger partial charge in [0.1, 0.15) is 6.61 Å². The van der Waals surface area contributed by atoms with E-state index in [0.717, 1.165) is 16.5 Å². The smallest absolute Gasteiger partial charge is 0.340 e. The van der Waals surface area contributed by atoms with Gasteiger partial charge in [-0.2, -0.15) is 0 Å². The highest BCUT2D eigenvalue weighted by atomic mass is 35.5. The van der Waals surface area contributed by atoms with E-state index in [1.54, 1.807) is 32.2 Å². The minimum absolute atomic E-state index is 0.157. The van der Waals surface area contributed by atoms with E-state index in [1.807, 2.05) is 24.3 Å². The molecular weight excluding hydrogens is 373 g/mol. The fourth-order valence-electron chi connectivity index (χ4n) is 2.84. The van der Waals surface area contributed by atoms with Crippen LogP contribution in [0.15, 0.2) is 42.5 Å². The van der Waals surface area contributed by atoms with Crippen LogP contribution in [0.3, 0.4) is 0 Å². The normalized spacial score (nSPS) is 10.9. The second-order valence-electron chi connectivity index (χ2n) is 5.72. The van der Waals surface area contributed by atoms with Crippen molar-refractivity contribution in [2.75, 3.05) is 20.3 Å². The molecule has 3 aromatic rings. The van der Waals surface area contributed by atoms with E-state index < -0.39 is 5.97 Å². The van der Waals surface area contributed by atoms with Gasteiger partial charge in [0, 0.05) is 33.7 Å². The molecule has 1 aromatic heterocycles. The molecule has 0 amide bonds. The summed E-state index contributed by atoms with van der Waals surface area (Å²) in [6.07, 6.45) is 0. The monoisotopic (exact) mass is 389 g/mol. The lowest BCUT2D eigenvalue weighted by Crippen LogP contribution is -2.14. The van der Waals surface area contributed by atoms with Gasteiger partial charge in [-0.1, -0.05) is 41.4 Å². The van der Waals surface area contributed by atoms with Gasteiger partial charge in [-0.15, -0.1) is 0 Å². The molecule has 0 aliphatic rings. The molecule has 0 unspecified atom stereocenters. The molecule has 0 spiro atoms. The molecule has 0 saturated carbocycles. The number of fused-ring (bicyclic) bond motifs is 1. The van der Waals surface area contributed by atoms with Crippen molar-refractivity contribution < 1.29 is 14.3 Å². The van der Waals surface area contributed by atoms with Gasteiger partial charge in [0.2, 0.25) is 0 Å². The van der Waals surface area contributed by atoms with Crippen molar-refractivity contribution in [2.45, 2.75) is 6.92 Å². The summed E-state index contributed by atoms with van der Waals surface area (Å²) in [6, 6.07) is 12.7. The fraction of sp³-hybridized carbons (Fsp3) is 0.200. The van der Waals surface area contributed by atoms with E-state index in [-0.39, 0.29) is 6.61 Å². The summed E-state index contributed by atoms with van der Waals surface area (Å²) >= 11 is 12.6. The molecule has 0 aliphatic heterocycles. The fourth-order valence-corrected chi connectivity index (χ4v) is 3.24. The first kappa shape index (κ1) is 18.6. The highest BCUT2D eigenvalue weighted by molar-refractivity contribution is 6.34. The number of hydrogen-bond acceptors (Lipinski definition) is 4. The average Bonchev–Trinajstić information content (AvgIpc) is 2.62. The lowest BCUT2D eigenvalue weighted by atomic mass is 9.94. The Morgan fingerprint density at radius 1 is 1.12 bits per heavy atom. The Kier molecular flexibility index (Phi) is 5.77. The summed E-state index contributed by atoms with van der Waals surface area (Å²) in [7, 11) is 1.55. The molecular formula is C20H17Cl2NO3. The maximum absolute atomic E-state index is 12.8. The number of ether oxygens (including phenoxy) is 2. The molecule has 0 radical (unpaired) electrons. The third-order valence-electron chi connectivity index (χ3n) is 4.00. The Labute approximate surface area is 161 Å². The number of esters is 1. The van der Waals surface area contributed by atoms with Gasteiger partial charge in [-0.3, -0.25) is 4.98 Å². The van der Waals surface area contributed by atoms with Gasteiger partial charge in [0.05, 0.1) is 23.4 Å². The van der Waals surface area contributed by atoms with E-state index in [1.165, 1.54) is 0 Å². The van der Waals surface area contributed by atoms with Crippen LogP contribution in [0.5, 0.6) is 0 Å². The van der Waals surface area contributed by atoms with Crippen molar-refractivity contribution in [2.24, 2.45) is 0 Å². The molecule has 0 atom stereocenters. The van der Waals surface area contributed by atoms with Gasteiger partial charge in [-0.05, 0) is 31.2 Å². The van der Waals surface area contributed by atoms with Gasteiger partial charge in [0.15, 0.2) is 0 Å². The lowest BCUT2D eigenvalue weighted by Gasteiger charge is -2.16. The minimum atomic E-state index is -0.469. The molecule has 134 valence electrons. The predicted molar refractivity (Wildman–Crippen MR) is 104 cm³/mol. The van der Waals surface area contributed by atoms with Crippen LogP contribution in [0.1, 0.15) is 16.1 Å².